The number of hydrogen-bond donors (Lipinski definition) is 1. The van der Waals surface area contributed by atoms with E-state index in [1.54, 1.807) is 6.92 Å². The Bertz CT molecular complexity index is 729. The second-order valence-corrected chi connectivity index (χ2v) is 8.40. The first kappa shape index (κ1) is 22.3. The fourth-order valence-electron chi connectivity index (χ4n) is 4.15. The highest BCUT2D eigenvalue weighted by molar-refractivity contribution is 5.95. The van der Waals surface area contributed by atoms with Gasteiger partial charge in [0.25, 0.3) is 0 Å². The lowest BCUT2D eigenvalue weighted by Gasteiger charge is -2.35. The molecule has 1 aliphatic rings. The van der Waals surface area contributed by atoms with E-state index in [-0.39, 0.29) is 23.4 Å². The van der Waals surface area contributed by atoms with E-state index in [1.807, 2.05) is 6.07 Å². The third-order valence-electron chi connectivity index (χ3n) is 6.20. The van der Waals surface area contributed by atoms with Crippen molar-refractivity contribution in [1.82, 2.24) is 4.90 Å². The molecule has 0 bridgehead atoms. The molecule has 3 atom stereocenters. The number of aryl methyl sites for hydroxylation is 1. The Morgan fingerprint density at radius 1 is 1.21 bits per heavy atom. The number of nitrogens with zero attached hydrogens (tertiary/aromatic N) is 1. The molecule has 5 nitrogen and oxygen atoms in total. The largest absolute Gasteiger partial charge is 0.369 e. The van der Waals surface area contributed by atoms with Crippen molar-refractivity contribution >= 4 is 17.5 Å². The van der Waals surface area contributed by atoms with E-state index in [4.69, 9.17) is 5.73 Å². The molecule has 1 aromatic carbocycles. The Morgan fingerprint density at radius 2 is 1.93 bits per heavy atom. The Balaban J connectivity index is 2.17. The molecule has 0 aromatic heterocycles. The van der Waals surface area contributed by atoms with Crippen molar-refractivity contribution in [3.63, 3.8) is 0 Å². The number of rotatable bonds is 9. The quantitative estimate of drug-likeness (QED) is 0.659. The van der Waals surface area contributed by atoms with Gasteiger partial charge in [-0.3, -0.25) is 9.59 Å². The summed E-state index contributed by atoms with van der Waals surface area (Å²) in [6.45, 7) is 6.43. The first-order valence-corrected chi connectivity index (χ1v) is 10.3. The third-order valence-corrected chi connectivity index (χ3v) is 6.20. The number of nitrogens with two attached hydrogens (primary N) is 1. The Hall–Kier alpha value is -2.01. The van der Waals surface area contributed by atoms with Crippen LogP contribution < -0.4 is 5.73 Å². The summed E-state index contributed by atoms with van der Waals surface area (Å²) in [5.74, 6) is -0.107. The maximum Gasteiger partial charge on any atom is 0.220 e. The molecule has 1 aromatic rings. The number of amides is 1. The van der Waals surface area contributed by atoms with Crippen LogP contribution in [0, 0.1) is 5.92 Å². The normalized spacial score (nSPS) is 21.3. The number of carbonyl (C=O) groups is 3. The van der Waals surface area contributed by atoms with E-state index in [0.29, 0.717) is 37.6 Å². The van der Waals surface area contributed by atoms with Crippen LogP contribution >= 0.6 is 0 Å². The SMILES string of the molecule is CC(=O)CCC(CCc1cc(C2CCN(C)C(C)C2)ccc1C(C)=O)C(N)=O. The van der Waals surface area contributed by atoms with E-state index in [0.717, 1.165) is 30.5 Å². The van der Waals surface area contributed by atoms with Crippen LogP contribution in [0.25, 0.3) is 0 Å². The zero-order chi connectivity index (χ0) is 20.8. The molecule has 1 saturated heterocycles. The number of ketones is 2. The molecule has 2 N–H and O–H groups in total. The number of carbonyl (C=O) groups excluding carboxylic acids is 3. The number of primary amides is 1. The molecule has 1 amide bonds. The summed E-state index contributed by atoms with van der Waals surface area (Å²) in [4.78, 5) is 37.5. The van der Waals surface area contributed by atoms with Gasteiger partial charge in [-0.1, -0.05) is 18.2 Å². The summed E-state index contributed by atoms with van der Waals surface area (Å²) in [7, 11) is 2.16. The molecule has 0 saturated carbocycles. The van der Waals surface area contributed by atoms with E-state index in [9.17, 15) is 14.4 Å². The summed E-state index contributed by atoms with van der Waals surface area (Å²) in [5.41, 5.74) is 8.53. The monoisotopic (exact) mass is 386 g/mol. The van der Waals surface area contributed by atoms with Crippen molar-refractivity contribution in [2.45, 2.75) is 71.3 Å². The first-order chi connectivity index (χ1) is 13.2. The van der Waals surface area contributed by atoms with Gasteiger partial charge in [0.15, 0.2) is 5.78 Å². The van der Waals surface area contributed by atoms with Crippen LogP contribution in [-0.2, 0) is 16.0 Å². The van der Waals surface area contributed by atoms with Crippen LogP contribution in [0.15, 0.2) is 18.2 Å². The van der Waals surface area contributed by atoms with Crippen LogP contribution in [0.4, 0.5) is 0 Å². The summed E-state index contributed by atoms with van der Waals surface area (Å²) in [6, 6.07) is 6.72. The predicted octanol–water partition coefficient (Wildman–Crippen LogP) is 3.49. The van der Waals surface area contributed by atoms with Crippen molar-refractivity contribution < 1.29 is 14.4 Å². The molecule has 0 spiro atoms. The molecule has 5 heteroatoms. The molecule has 2 rings (SSSR count). The summed E-state index contributed by atoms with van der Waals surface area (Å²) < 4.78 is 0. The minimum absolute atomic E-state index is 0.0395. The van der Waals surface area contributed by atoms with Gasteiger partial charge < -0.3 is 15.4 Å². The fraction of sp³-hybridized carbons (Fsp3) is 0.609. The van der Waals surface area contributed by atoms with Gasteiger partial charge >= 0.3 is 0 Å². The van der Waals surface area contributed by atoms with Crippen molar-refractivity contribution in [2.75, 3.05) is 13.6 Å². The second-order valence-electron chi connectivity index (χ2n) is 8.40. The average Bonchev–Trinajstić information content (AvgIpc) is 2.63. The van der Waals surface area contributed by atoms with E-state index < -0.39 is 0 Å². The van der Waals surface area contributed by atoms with Crippen LogP contribution in [0.5, 0.6) is 0 Å². The third kappa shape index (κ3) is 5.99. The lowest BCUT2D eigenvalue weighted by molar-refractivity contribution is -0.122. The molecule has 1 aliphatic heterocycles. The Labute approximate surface area is 168 Å². The van der Waals surface area contributed by atoms with Gasteiger partial charge in [-0.2, -0.15) is 0 Å². The van der Waals surface area contributed by atoms with Gasteiger partial charge in [0.1, 0.15) is 5.78 Å². The smallest absolute Gasteiger partial charge is 0.220 e. The van der Waals surface area contributed by atoms with Gasteiger partial charge in [0, 0.05) is 23.9 Å². The number of likely N-dealkylation sites (tertiary alicyclic amines) is 1. The van der Waals surface area contributed by atoms with Crippen LogP contribution in [-0.4, -0.2) is 42.0 Å². The van der Waals surface area contributed by atoms with Crippen molar-refractivity contribution in [1.29, 1.82) is 0 Å². The van der Waals surface area contributed by atoms with Crippen LogP contribution in [0.2, 0.25) is 0 Å². The fourth-order valence-corrected chi connectivity index (χ4v) is 4.15. The molecular formula is C23H34N2O3. The number of piperidine rings is 1. The van der Waals surface area contributed by atoms with Crippen molar-refractivity contribution in [2.24, 2.45) is 11.7 Å². The van der Waals surface area contributed by atoms with Gasteiger partial charge in [-0.05, 0) is 83.5 Å². The minimum atomic E-state index is -0.370. The summed E-state index contributed by atoms with van der Waals surface area (Å²) in [5, 5.41) is 0. The zero-order valence-electron chi connectivity index (χ0n) is 17.7. The highest BCUT2D eigenvalue weighted by atomic mass is 16.1. The zero-order valence-corrected chi connectivity index (χ0v) is 17.7. The topological polar surface area (TPSA) is 80.5 Å². The highest BCUT2D eigenvalue weighted by Crippen LogP contribution is 2.32. The number of hydrogen-bond acceptors (Lipinski definition) is 4. The van der Waals surface area contributed by atoms with Gasteiger partial charge in [0.2, 0.25) is 5.91 Å². The molecule has 1 heterocycles. The molecular weight excluding hydrogens is 352 g/mol. The van der Waals surface area contributed by atoms with Crippen LogP contribution in [0.1, 0.15) is 80.3 Å². The maximum absolute atomic E-state index is 12.1. The predicted molar refractivity (Wildman–Crippen MR) is 111 cm³/mol. The lowest BCUT2D eigenvalue weighted by Crippen LogP contribution is -2.36. The highest BCUT2D eigenvalue weighted by Gasteiger charge is 2.25. The molecule has 3 unspecified atom stereocenters. The van der Waals surface area contributed by atoms with Gasteiger partial charge in [0.05, 0.1) is 0 Å². The van der Waals surface area contributed by atoms with Crippen molar-refractivity contribution in [3.8, 4) is 0 Å². The summed E-state index contributed by atoms with van der Waals surface area (Å²) in [6.07, 6.45) is 4.25. The van der Waals surface area contributed by atoms with E-state index in [2.05, 4.69) is 31.0 Å². The molecule has 0 aliphatic carbocycles. The molecule has 1 fully saturated rings. The second kappa shape index (κ2) is 9.97. The standard InChI is InChI=1S/C23H34N2O3/c1-15-13-20(11-12-25(15)4)19-9-10-22(17(3)27)21(14-19)8-7-18(23(24)28)6-5-16(2)26/h9-10,14-15,18,20H,5-8,11-13H2,1-4H3,(H2,24,28). The van der Waals surface area contributed by atoms with Crippen LogP contribution in [0.3, 0.4) is 0 Å². The van der Waals surface area contributed by atoms with Gasteiger partial charge in [-0.15, -0.1) is 0 Å². The minimum Gasteiger partial charge on any atom is -0.369 e. The Morgan fingerprint density at radius 3 is 2.50 bits per heavy atom. The average molecular weight is 387 g/mol. The maximum atomic E-state index is 12.1. The molecule has 0 radical (unpaired) electrons. The molecule has 154 valence electrons. The van der Waals surface area contributed by atoms with Crippen molar-refractivity contribution in [3.05, 3.63) is 34.9 Å². The lowest BCUT2D eigenvalue weighted by atomic mass is 9.83. The number of Topliss-reactive ketones (excluding diaryl/α,β-unsaturated/α-hetero) is 2. The van der Waals surface area contributed by atoms with E-state index in [1.165, 1.54) is 12.5 Å². The number of benzene rings is 1. The first-order valence-electron chi connectivity index (χ1n) is 10.3. The Kier molecular flexibility index (Phi) is 7.93. The molecule has 28 heavy (non-hydrogen) atoms. The summed E-state index contributed by atoms with van der Waals surface area (Å²) >= 11 is 0. The van der Waals surface area contributed by atoms with E-state index >= 15 is 0 Å². The van der Waals surface area contributed by atoms with Gasteiger partial charge in [-0.25, -0.2) is 0 Å².